The second-order valence-corrected chi connectivity index (χ2v) is 3.73. The number of carboxylic acids is 1. The molecule has 0 saturated heterocycles. The first kappa shape index (κ1) is 11.3. The lowest BCUT2D eigenvalue weighted by Gasteiger charge is -2.18. The van der Waals surface area contributed by atoms with E-state index in [-0.39, 0.29) is 23.4 Å². The zero-order valence-corrected chi connectivity index (χ0v) is 9.11. The van der Waals surface area contributed by atoms with Crippen LogP contribution in [0, 0.1) is 5.82 Å². The number of amides is 1. The Morgan fingerprint density at radius 3 is 2.59 bits per heavy atom. The van der Waals surface area contributed by atoms with Crippen LogP contribution in [0.5, 0.6) is 0 Å². The molecule has 0 bridgehead atoms. The standard InChI is InChI=1S/C12H10FNO3/c1-7-8(12(16)17)6-11(15)14(7)10-5-3-2-4-9(10)13/h2-5H,6H2,1H3,(H,16,17). The molecule has 5 heteroatoms. The van der Waals surface area contributed by atoms with Crippen molar-refractivity contribution < 1.29 is 19.1 Å². The molecule has 0 atom stereocenters. The number of aliphatic carboxylic acids is 1. The smallest absolute Gasteiger partial charge is 0.333 e. The Morgan fingerprint density at radius 2 is 2.06 bits per heavy atom. The Kier molecular flexibility index (Phi) is 2.67. The molecule has 1 aliphatic heterocycles. The fraction of sp³-hybridized carbons (Fsp3) is 0.167. The van der Waals surface area contributed by atoms with Gasteiger partial charge in [-0.3, -0.25) is 9.69 Å². The molecule has 0 aliphatic carbocycles. The van der Waals surface area contributed by atoms with E-state index < -0.39 is 17.7 Å². The van der Waals surface area contributed by atoms with E-state index in [1.165, 1.54) is 25.1 Å². The number of carbonyl (C=O) groups is 2. The highest BCUT2D eigenvalue weighted by molar-refractivity contribution is 6.08. The normalized spacial score (nSPS) is 15.6. The van der Waals surface area contributed by atoms with Crippen molar-refractivity contribution in [3.63, 3.8) is 0 Å². The highest BCUT2D eigenvalue weighted by atomic mass is 19.1. The van der Waals surface area contributed by atoms with Gasteiger partial charge in [-0.1, -0.05) is 12.1 Å². The minimum Gasteiger partial charge on any atom is -0.478 e. The molecule has 4 nitrogen and oxygen atoms in total. The minimum atomic E-state index is -1.14. The van der Waals surface area contributed by atoms with Crippen LogP contribution in [-0.2, 0) is 9.59 Å². The van der Waals surface area contributed by atoms with Gasteiger partial charge in [0.15, 0.2) is 0 Å². The summed E-state index contributed by atoms with van der Waals surface area (Å²) in [6, 6.07) is 5.78. The zero-order chi connectivity index (χ0) is 12.6. The molecule has 1 amide bonds. The summed E-state index contributed by atoms with van der Waals surface area (Å²) in [6.45, 7) is 1.50. The predicted molar refractivity (Wildman–Crippen MR) is 58.8 cm³/mol. The van der Waals surface area contributed by atoms with Crippen LogP contribution < -0.4 is 4.90 Å². The maximum absolute atomic E-state index is 13.6. The van der Waals surface area contributed by atoms with Crippen LogP contribution >= 0.6 is 0 Å². The summed E-state index contributed by atoms with van der Waals surface area (Å²) in [5.74, 6) is -2.12. The first-order valence-electron chi connectivity index (χ1n) is 5.03. The SMILES string of the molecule is CC1=C(C(=O)O)CC(=O)N1c1ccccc1F. The topological polar surface area (TPSA) is 57.6 Å². The van der Waals surface area contributed by atoms with Gasteiger partial charge in [-0.05, 0) is 19.1 Å². The van der Waals surface area contributed by atoms with E-state index >= 15 is 0 Å². The van der Waals surface area contributed by atoms with E-state index in [9.17, 15) is 14.0 Å². The van der Waals surface area contributed by atoms with Crippen molar-refractivity contribution >= 4 is 17.6 Å². The van der Waals surface area contributed by atoms with Crippen molar-refractivity contribution in [2.24, 2.45) is 0 Å². The van der Waals surface area contributed by atoms with Crippen molar-refractivity contribution in [2.75, 3.05) is 4.90 Å². The van der Waals surface area contributed by atoms with E-state index in [1.54, 1.807) is 6.07 Å². The summed E-state index contributed by atoms with van der Waals surface area (Å²) in [6.07, 6.45) is -0.199. The predicted octanol–water partition coefficient (Wildman–Crippen LogP) is 1.92. The molecule has 1 aromatic carbocycles. The highest BCUT2D eigenvalue weighted by Gasteiger charge is 2.33. The summed E-state index contributed by atoms with van der Waals surface area (Å²) in [5, 5.41) is 8.90. The maximum atomic E-state index is 13.6. The van der Waals surface area contributed by atoms with Crippen molar-refractivity contribution in [2.45, 2.75) is 13.3 Å². The van der Waals surface area contributed by atoms with E-state index in [0.29, 0.717) is 0 Å². The van der Waals surface area contributed by atoms with Gasteiger partial charge < -0.3 is 5.11 Å². The number of rotatable bonds is 2. The average molecular weight is 235 g/mol. The number of halogens is 1. The number of anilines is 1. The maximum Gasteiger partial charge on any atom is 0.333 e. The molecule has 0 radical (unpaired) electrons. The van der Waals surface area contributed by atoms with Gasteiger partial charge in [0.1, 0.15) is 5.82 Å². The molecular formula is C12H10FNO3. The van der Waals surface area contributed by atoms with E-state index in [1.807, 2.05) is 0 Å². The Labute approximate surface area is 97.0 Å². The van der Waals surface area contributed by atoms with Crippen LogP contribution in [0.4, 0.5) is 10.1 Å². The number of hydrogen-bond donors (Lipinski definition) is 1. The summed E-state index contributed by atoms with van der Waals surface area (Å²) in [5.41, 5.74) is 0.372. The Hall–Kier alpha value is -2.17. The molecule has 88 valence electrons. The van der Waals surface area contributed by atoms with Crippen LogP contribution in [0.25, 0.3) is 0 Å². The van der Waals surface area contributed by atoms with Gasteiger partial charge in [0.05, 0.1) is 17.7 Å². The molecule has 1 N–H and O–H groups in total. The van der Waals surface area contributed by atoms with Crippen LogP contribution in [-0.4, -0.2) is 17.0 Å². The number of allylic oxidation sites excluding steroid dienone is 1. The summed E-state index contributed by atoms with van der Waals surface area (Å²) in [4.78, 5) is 23.7. The molecule has 1 aliphatic rings. The number of carboxylic acid groups (broad SMARTS) is 1. The molecule has 1 aromatic rings. The average Bonchev–Trinajstić information content (AvgIpc) is 2.56. The highest BCUT2D eigenvalue weighted by Crippen LogP contribution is 2.31. The molecule has 17 heavy (non-hydrogen) atoms. The van der Waals surface area contributed by atoms with Crippen molar-refractivity contribution in [1.29, 1.82) is 0 Å². The molecule has 1 heterocycles. The van der Waals surface area contributed by atoms with Crippen LogP contribution in [0.15, 0.2) is 35.5 Å². The molecule has 0 unspecified atom stereocenters. The number of benzene rings is 1. The third-order valence-corrected chi connectivity index (χ3v) is 2.70. The van der Waals surface area contributed by atoms with Crippen LogP contribution in [0.1, 0.15) is 13.3 Å². The molecule has 0 spiro atoms. The molecule has 0 fully saturated rings. The lowest BCUT2D eigenvalue weighted by atomic mass is 10.2. The quantitative estimate of drug-likeness (QED) is 0.851. The summed E-state index contributed by atoms with van der Waals surface area (Å²) in [7, 11) is 0. The fourth-order valence-corrected chi connectivity index (χ4v) is 1.86. The third kappa shape index (κ3) is 1.80. The van der Waals surface area contributed by atoms with Gasteiger partial charge in [-0.15, -0.1) is 0 Å². The van der Waals surface area contributed by atoms with Crippen molar-refractivity contribution in [3.8, 4) is 0 Å². The largest absolute Gasteiger partial charge is 0.478 e. The Bertz CT molecular complexity index is 536. The minimum absolute atomic E-state index is 0.0123. The monoisotopic (exact) mass is 235 g/mol. The third-order valence-electron chi connectivity index (χ3n) is 2.70. The van der Waals surface area contributed by atoms with Gasteiger partial charge in [0.25, 0.3) is 0 Å². The number of para-hydroxylation sites is 1. The van der Waals surface area contributed by atoms with E-state index in [0.717, 1.165) is 4.90 Å². The van der Waals surface area contributed by atoms with Gasteiger partial charge in [-0.2, -0.15) is 0 Å². The first-order valence-corrected chi connectivity index (χ1v) is 5.03. The van der Waals surface area contributed by atoms with Gasteiger partial charge in [0, 0.05) is 5.70 Å². The van der Waals surface area contributed by atoms with Gasteiger partial charge >= 0.3 is 5.97 Å². The summed E-state index contributed by atoms with van der Waals surface area (Å²) < 4.78 is 13.6. The van der Waals surface area contributed by atoms with Crippen molar-refractivity contribution in [3.05, 3.63) is 41.4 Å². The van der Waals surface area contributed by atoms with Gasteiger partial charge in [0.2, 0.25) is 5.91 Å². The number of hydrogen-bond acceptors (Lipinski definition) is 2. The van der Waals surface area contributed by atoms with Crippen LogP contribution in [0.2, 0.25) is 0 Å². The lowest BCUT2D eigenvalue weighted by molar-refractivity contribution is -0.133. The van der Waals surface area contributed by atoms with Gasteiger partial charge in [-0.25, -0.2) is 9.18 Å². The Balaban J connectivity index is 2.50. The molecule has 0 aromatic heterocycles. The summed E-state index contributed by atoms with van der Waals surface area (Å²) >= 11 is 0. The second-order valence-electron chi connectivity index (χ2n) is 3.73. The van der Waals surface area contributed by atoms with E-state index in [2.05, 4.69) is 0 Å². The zero-order valence-electron chi connectivity index (χ0n) is 9.11. The lowest BCUT2D eigenvalue weighted by Crippen LogP contribution is -2.24. The van der Waals surface area contributed by atoms with Crippen molar-refractivity contribution in [1.82, 2.24) is 0 Å². The second kappa shape index (κ2) is 4.01. The molecular weight excluding hydrogens is 225 g/mol. The molecule has 0 saturated carbocycles. The Morgan fingerprint density at radius 1 is 1.41 bits per heavy atom. The number of carbonyl (C=O) groups excluding carboxylic acids is 1. The van der Waals surface area contributed by atoms with E-state index in [4.69, 9.17) is 5.11 Å². The number of nitrogens with zero attached hydrogens (tertiary/aromatic N) is 1. The van der Waals surface area contributed by atoms with Crippen LogP contribution in [0.3, 0.4) is 0 Å². The molecule has 2 rings (SSSR count). The fourth-order valence-electron chi connectivity index (χ4n) is 1.86. The first-order chi connectivity index (χ1) is 8.02.